The van der Waals surface area contributed by atoms with Crippen LogP contribution in [0.1, 0.15) is 10.6 Å². The molecule has 0 bridgehead atoms. The summed E-state index contributed by atoms with van der Waals surface area (Å²) in [7, 11) is 0. The summed E-state index contributed by atoms with van der Waals surface area (Å²) in [4.78, 5) is 10.8. The van der Waals surface area contributed by atoms with Crippen LogP contribution in [0.15, 0.2) is 40.8 Å². The van der Waals surface area contributed by atoms with Gasteiger partial charge in [0.2, 0.25) is 5.76 Å². The van der Waals surface area contributed by atoms with Crippen LogP contribution in [-0.2, 0) is 0 Å². The van der Waals surface area contributed by atoms with Gasteiger partial charge in [-0.05, 0) is 35.0 Å². The number of hydrogen-bond acceptors (Lipinski definition) is 2. The molecule has 4 heteroatoms. The Morgan fingerprint density at radius 3 is 2.71 bits per heavy atom. The Labute approximate surface area is 101 Å². The zero-order chi connectivity index (χ0) is 12.0. The molecular weight excluding hydrogens is 240 g/mol. The van der Waals surface area contributed by atoms with Crippen molar-refractivity contribution in [3.8, 4) is 0 Å². The lowest BCUT2D eigenvalue weighted by atomic mass is 10.1. The van der Waals surface area contributed by atoms with Crippen LogP contribution >= 0.6 is 11.6 Å². The van der Waals surface area contributed by atoms with Crippen LogP contribution in [0.4, 0.5) is 0 Å². The largest absolute Gasteiger partial charge is 0.475 e. The summed E-state index contributed by atoms with van der Waals surface area (Å²) in [5.41, 5.74) is 0.567. The third-order valence-electron chi connectivity index (χ3n) is 2.69. The fourth-order valence-electron chi connectivity index (χ4n) is 1.93. The molecule has 0 aliphatic rings. The minimum atomic E-state index is -1.07. The van der Waals surface area contributed by atoms with Crippen LogP contribution in [0.25, 0.3) is 21.7 Å². The first-order valence-electron chi connectivity index (χ1n) is 5.00. The summed E-state index contributed by atoms with van der Waals surface area (Å²) in [6.07, 6.45) is 0. The average molecular weight is 247 g/mol. The van der Waals surface area contributed by atoms with E-state index in [1.165, 1.54) is 6.07 Å². The van der Waals surface area contributed by atoms with Crippen LogP contribution in [0.3, 0.4) is 0 Å². The maximum atomic E-state index is 10.8. The summed E-state index contributed by atoms with van der Waals surface area (Å²) in [6.45, 7) is 0. The molecule has 3 nitrogen and oxygen atoms in total. The SMILES string of the molecule is O=C(O)c1cc2c(ccc3cc(Cl)ccc32)o1. The molecule has 0 aliphatic carbocycles. The summed E-state index contributed by atoms with van der Waals surface area (Å²) >= 11 is 5.91. The molecule has 1 N–H and O–H groups in total. The van der Waals surface area contributed by atoms with Gasteiger partial charge in [-0.1, -0.05) is 23.7 Å². The third-order valence-corrected chi connectivity index (χ3v) is 2.92. The predicted molar refractivity (Wildman–Crippen MR) is 65.7 cm³/mol. The Bertz CT molecular complexity index is 743. The number of carboxylic acid groups (broad SMARTS) is 1. The molecule has 1 aromatic heterocycles. The van der Waals surface area contributed by atoms with Crippen LogP contribution < -0.4 is 0 Å². The Kier molecular flexibility index (Phi) is 2.09. The molecule has 0 radical (unpaired) electrons. The highest BCUT2D eigenvalue weighted by atomic mass is 35.5. The maximum Gasteiger partial charge on any atom is 0.371 e. The van der Waals surface area contributed by atoms with Crippen LogP contribution in [0.2, 0.25) is 5.02 Å². The number of carbonyl (C=O) groups is 1. The van der Waals surface area contributed by atoms with Crippen LogP contribution in [0, 0.1) is 0 Å². The summed E-state index contributed by atoms with van der Waals surface area (Å²) < 4.78 is 5.24. The van der Waals surface area contributed by atoms with E-state index in [1.54, 1.807) is 12.1 Å². The Morgan fingerprint density at radius 2 is 1.94 bits per heavy atom. The second-order valence-electron chi connectivity index (χ2n) is 3.76. The van der Waals surface area contributed by atoms with Crippen molar-refractivity contribution in [3.05, 3.63) is 47.2 Å². The normalized spacial score (nSPS) is 11.1. The quantitative estimate of drug-likeness (QED) is 0.708. The van der Waals surface area contributed by atoms with E-state index in [9.17, 15) is 4.79 Å². The van der Waals surface area contributed by atoms with Crippen molar-refractivity contribution in [2.45, 2.75) is 0 Å². The molecule has 0 amide bonds. The van der Waals surface area contributed by atoms with E-state index in [0.29, 0.717) is 10.6 Å². The van der Waals surface area contributed by atoms with Gasteiger partial charge in [0.25, 0.3) is 0 Å². The molecule has 0 unspecified atom stereocenters. The lowest BCUT2D eigenvalue weighted by Gasteiger charge is -1.98. The maximum absolute atomic E-state index is 10.8. The van der Waals surface area contributed by atoms with Gasteiger partial charge in [0.15, 0.2) is 0 Å². The standard InChI is InChI=1S/C13H7ClO3/c14-8-2-3-9-7(5-8)1-4-11-10(9)6-12(17-11)13(15)16/h1-6H,(H,15,16). The fourth-order valence-corrected chi connectivity index (χ4v) is 2.11. The fraction of sp³-hybridized carbons (Fsp3) is 0. The Balaban J connectivity index is 2.42. The molecule has 0 spiro atoms. The van der Waals surface area contributed by atoms with Gasteiger partial charge in [-0.25, -0.2) is 4.79 Å². The predicted octanol–water partition coefficient (Wildman–Crippen LogP) is 3.94. The first-order chi connectivity index (χ1) is 8.15. The minimum absolute atomic E-state index is 0.0533. The number of aromatic carboxylic acids is 1. The summed E-state index contributed by atoms with van der Waals surface area (Å²) in [6, 6.07) is 10.6. The highest BCUT2D eigenvalue weighted by Crippen LogP contribution is 2.29. The summed E-state index contributed by atoms with van der Waals surface area (Å²) in [5.74, 6) is -1.12. The number of benzene rings is 2. The van der Waals surface area contributed by atoms with Crippen molar-refractivity contribution in [1.82, 2.24) is 0 Å². The molecule has 0 atom stereocenters. The van der Waals surface area contributed by atoms with Gasteiger partial charge < -0.3 is 9.52 Å². The van der Waals surface area contributed by atoms with Gasteiger partial charge in [0, 0.05) is 10.4 Å². The third kappa shape index (κ3) is 1.56. The minimum Gasteiger partial charge on any atom is -0.475 e. The molecule has 3 aromatic rings. The second kappa shape index (κ2) is 3.50. The van der Waals surface area contributed by atoms with Gasteiger partial charge in [-0.15, -0.1) is 0 Å². The molecule has 0 aliphatic heterocycles. The first-order valence-corrected chi connectivity index (χ1v) is 5.38. The topological polar surface area (TPSA) is 50.4 Å². The molecule has 3 rings (SSSR count). The Hall–Kier alpha value is -2.00. The van der Waals surface area contributed by atoms with E-state index in [4.69, 9.17) is 21.1 Å². The molecule has 84 valence electrons. The number of halogens is 1. The number of carboxylic acids is 1. The van der Waals surface area contributed by atoms with Gasteiger partial charge in [-0.2, -0.15) is 0 Å². The highest BCUT2D eigenvalue weighted by Gasteiger charge is 2.12. The number of hydrogen-bond donors (Lipinski definition) is 1. The van der Waals surface area contributed by atoms with Crippen LogP contribution in [-0.4, -0.2) is 11.1 Å². The first kappa shape index (κ1) is 10.2. The van der Waals surface area contributed by atoms with Crippen molar-refractivity contribution in [2.24, 2.45) is 0 Å². The molecule has 2 aromatic carbocycles. The molecule has 1 heterocycles. The van der Waals surface area contributed by atoms with E-state index in [1.807, 2.05) is 18.2 Å². The van der Waals surface area contributed by atoms with Crippen molar-refractivity contribution < 1.29 is 14.3 Å². The molecule has 0 fully saturated rings. The van der Waals surface area contributed by atoms with E-state index < -0.39 is 5.97 Å². The molecule has 0 saturated heterocycles. The lowest BCUT2D eigenvalue weighted by molar-refractivity contribution is 0.0665. The Morgan fingerprint density at radius 1 is 1.12 bits per heavy atom. The molecule has 17 heavy (non-hydrogen) atoms. The molecular formula is C13H7ClO3. The van der Waals surface area contributed by atoms with E-state index in [-0.39, 0.29) is 5.76 Å². The smallest absolute Gasteiger partial charge is 0.371 e. The monoisotopic (exact) mass is 246 g/mol. The van der Waals surface area contributed by atoms with E-state index >= 15 is 0 Å². The zero-order valence-corrected chi connectivity index (χ0v) is 9.36. The van der Waals surface area contributed by atoms with E-state index in [2.05, 4.69) is 0 Å². The van der Waals surface area contributed by atoms with Gasteiger partial charge >= 0.3 is 5.97 Å². The lowest BCUT2D eigenvalue weighted by Crippen LogP contribution is -1.91. The summed E-state index contributed by atoms with van der Waals surface area (Å²) in [5, 5.41) is 12.2. The van der Waals surface area contributed by atoms with Gasteiger partial charge in [0.05, 0.1) is 0 Å². The van der Waals surface area contributed by atoms with Crippen LogP contribution in [0.5, 0.6) is 0 Å². The van der Waals surface area contributed by atoms with Crippen molar-refractivity contribution in [1.29, 1.82) is 0 Å². The van der Waals surface area contributed by atoms with Crippen molar-refractivity contribution >= 4 is 39.3 Å². The molecule has 0 saturated carbocycles. The number of fused-ring (bicyclic) bond motifs is 3. The highest BCUT2D eigenvalue weighted by molar-refractivity contribution is 6.31. The van der Waals surface area contributed by atoms with Gasteiger partial charge in [0.1, 0.15) is 5.58 Å². The number of rotatable bonds is 1. The average Bonchev–Trinajstić information content (AvgIpc) is 2.72. The van der Waals surface area contributed by atoms with E-state index in [0.717, 1.165) is 16.2 Å². The zero-order valence-electron chi connectivity index (χ0n) is 8.61. The van der Waals surface area contributed by atoms with Crippen molar-refractivity contribution in [3.63, 3.8) is 0 Å². The van der Waals surface area contributed by atoms with Crippen molar-refractivity contribution in [2.75, 3.05) is 0 Å². The second-order valence-corrected chi connectivity index (χ2v) is 4.20. The number of furan rings is 1. The van der Waals surface area contributed by atoms with Gasteiger partial charge in [-0.3, -0.25) is 0 Å².